The van der Waals surface area contributed by atoms with E-state index in [0.29, 0.717) is 22.5 Å². The van der Waals surface area contributed by atoms with Gasteiger partial charge in [-0.05, 0) is 30.5 Å². The van der Waals surface area contributed by atoms with Crippen molar-refractivity contribution in [3.63, 3.8) is 0 Å². The van der Waals surface area contributed by atoms with E-state index < -0.39 is 0 Å². The van der Waals surface area contributed by atoms with E-state index in [-0.39, 0.29) is 17.8 Å². The van der Waals surface area contributed by atoms with Crippen LogP contribution in [0.5, 0.6) is 5.75 Å². The molecule has 1 unspecified atom stereocenters. The summed E-state index contributed by atoms with van der Waals surface area (Å²) in [7, 11) is 0. The third-order valence-electron chi connectivity index (χ3n) is 3.83. The molecule has 0 aliphatic rings. The zero-order chi connectivity index (χ0) is 17.1. The van der Waals surface area contributed by atoms with Crippen LogP contribution in [0.15, 0.2) is 36.0 Å². The smallest absolute Gasteiger partial charge is 0.192 e. The van der Waals surface area contributed by atoms with Gasteiger partial charge in [-0.15, -0.1) is 0 Å². The fourth-order valence-corrected chi connectivity index (χ4v) is 2.14. The molecule has 23 heavy (non-hydrogen) atoms. The summed E-state index contributed by atoms with van der Waals surface area (Å²) in [6.45, 7) is 10.5. The number of hydrogen-bond acceptors (Lipinski definition) is 4. The van der Waals surface area contributed by atoms with E-state index in [1.54, 1.807) is 6.07 Å². The number of aromatic nitrogens is 1. The Labute approximate surface area is 135 Å². The summed E-state index contributed by atoms with van der Waals surface area (Å²) in [4.78, 5) is 8.11. The molecule has 0 spiro atoms. The molecule has 2 rings (SSSR count). The Morgan fingerprint density at radius 3 is 2.57 bits per heavy atom. The van der Waals surface area contributed by atoms with E-state index in [1.807, 2.05) is 12.1 Å². The topological polar surface area (TPSA) is 110 Å². The Hall–Kier alpha value is -2.76. The van der Waals surface area contributed by atoms with Gasteiger partial charge < -0.3 is 21.9 Å². The number of hydrogen-bond donors (Lipinski definition) is 4. The average molecular weight is 313 g/mol. The van der Waals surface area contributed by atoms with Gasteiger partial charge in [0.25, 0.3) is 0 Å². The van der Waals surface area contributed by atoms with Crippen LogP contribution >= 0.6 is 0 Å². The van der Waals surface area contributed by atoms with Gasteiger partial charge in [0.05, 0.1) is 6.20 Å². The molecule has 6 nitrogen and oxygen atoms in total. The molecule has 0 amide bonds. The maximum Gasteiger partial charge on any atom is 0.192 e. The Morgan fingerprint density at radius 2 is 1.96 bits per heavy atom. The van der Waals surface area contributed by atoms with Crippen molar-refractivity contribution in [2.75, 3.05) is 0 Å². The summed E-state index contributed by atoms with van der Waals surface area (Å²) in [5.41, 5.74) is 12.6. The number of pyridine rings is 1. The molecule has 0 saturated carbocycles. The summed E-state index contributed by atoms with van der Waals surface area (Å²) >= 11 is 0. The highest BCUT2D eigenvalue weighted by Crippen LogP contribution is 2.32. The van der Waals surface area contributed by atoms with E-state index in [1.165, 1.54) is 6.20 Å². The largest absolute Gasteiger partial charge is 0.506 e. The molecule has 0 saturated heterocycles. The zero-order valence-corrected chi connectivity index (χ0v) is 13.7. The van der Waals surface area contributed by atoms with Crippen LogP contribution in [0.2, 0.25) is 0 Å². The number of aliphatic imine (C=N–C) groups is 1. The van der Waals surface area contributed by atoms with Gasteiger partial charge in [0, 0.05) is 22.5 Å². The summed E-state index contributed by atoms with van der Waals surface area (Å²) in [5.74, 6) is 0.843. The third kappa shape index (κ3) is 3.71. The highest BCUT2D eigenvalue weighted by molar-refractivity contribution is 5.98. The molecule has 1 atom stereocenters. The van der Waals surface area contributed by atoms with Gasteiger partial charge in [-0.2, -0.15) is 4.99 Å². The zero-order valence-electron chi connectivity index (χ0n) is 13.7. The molecule has 0 fully saturated rings. The molecule has 1 aromatic carbocycles. The highest BCUT2D eigenvalue weighted by Gasteiger charge is 2.12. The predicted molar refractivity (Wildman–Crippen MR) is 95.3 cm³/mol. The quantitative estimate of drug-likeness (QED) is 0.501. The average Bonchev–Trinajstić information content (AvgIpc) is 2.49. The van der Waals surface area contributed by atoms with Crippen molar-refractivity contribution in [2.24, 2.45) is 22.4 Å². The first kappa shape index (κ1) is 16.6. The van der Waals surface area contributed by atoms with Gasteiger partial charge in [0.15, 0.2) is 11.8 Å². The van der Waals surface area contributed by atoms with Gasteiger partial charge in [0.1, 0.15) is 5.75 Å². The number of nitrogens with two attached hydrogens (primary N) is 2. The molecule has 1 heterocycles. The van der Waals surface area contributed by atoms with Crippen molar-refractivity contribution >= 4 is 28.2 Å². The second-order valence-electron chi connectivity index (χ2n) is 5.92. The molecular weight excluding hydrogens is 290 g/mol. The number of guanidine groups is 1. The lowest BCUT2D eigenvalue weighted by atomic mass is 10.0. The van der Waals surface area contributed by atoms with Crippen LogP contribution in [0, 0.1) is 5.92 Å². The lowest BCUT2D eigenvalue weighted by molar-refractivity contribution is 0.479. The van der Waals surface area contributed by atoms with E-state index >= 15 is 0 Å². The standard InChI is InChI=1S/C17H23N5O/c1-9(2)10(3)21-11(4)12-5-6-13-14(7-12)16(22-17(18)19)20-8-15(13)23/h5-10,21,23H,4H2,1-3H3,(H4,18,19,20,22). The molecule has 6 N–H and O–H groups in total. The number of benzene rings is 1. The molecule has 2 aromatic rings. The minimum Gasteiger partial charge on any atom is -0.506 e. The van der Waals surface area contributed by atoms with E-state index in [0.717, 1.165) is 11.3 Å². The molecule has 122 valence electrons. The Balaban J connectivity index is 2.48. The van der Waals surface area contributed by atoms with Crippen LogP contribution in [-0.4, -0.2) is 22.1 Å². The fraction of sp³-hybridized carbons (Fsp3) is 0.294. The minimum absolute atomic E-state index is 0.0789. The Bertz CT molecular complexity index is 763. The maximum absolute atomic E-state index is 9.97. The van der Waals surface area contributed by atoms with Gasteiger partial charge in [-0.25, -0.2) is 4.98 Å². The first-order valence-corrected chi connectivity index (χ1v) is 7.46. The minimum atomic E-state index is -0.0831. The van der Waals surface area contributed by atoms with Crippen molar-refractivity contribution in [2.45, 2.75) is 26.8 Å². The SMILES string of the molecule is C=C(NC(C)C(C)C)c1ccc2c(O)cnc(N=C(N)N)c2c1. The molecular formula is C17H23N5O. The van der Waals surface area contributed by atoms with Crippen LogP contribution in [0.4, 0.5) is 5.82 Å². The highest BCUT2D eigenvalue weighted by atomic mass is 16.3. The Kier molecular flexibility index (Phi) is 4.74. The first-order valence-electron chi connectivity index (χ1n) is 7.46. The normalized spacial score (nSPS) is 12.2. The second-order valence-corrected chi connectivity index (χ2v) is 5.92. The monoisotopic (exact) mass is 313 g/mol. The van der Waals surface area contributed by atoms with Crippen LogP contribution in [0.1, 0.15) is 26.3 Å². The van der Waals surface area contributed by atoms with Crippen LogP contribution < -0.4 is 16.8 Å². The van der Waals surface area contributed by atoms with Crippen molar-refractivity contribution in [3.05, 3.63) is 36.5 Å². The molecule has 0 bridgehead atoms. The molecule has 0 aliphatic heterocycles. The number of nitrogens with one attached hydrogen (secondary N) is 1. The summed E-state index contributed by atoms with van der Waals surface area (Å²) in [5, 5.41) is 14.6. The van der Waals surface area contributed by atoms with Crippen molar-refractivity contribution in [1.82, 2.24) is 10.3 Å². The summed E-state index contributed by atoms with van der Waals surface area (Å²) in [6.07, 6.45) is 1.33. The van der Waals surface area contributed by atoms with Crippen LogP contribution in [0.3, 0.4) is 0 Å². The maximum atomic E-state index is 9.97. The van der Waals surface area contributed by atoms with E-state index in [2.05, 4.69) is 42.6 Å². The van der Waals surface area contributed by atoms with Crippen molar-refractivity contribution in [1.29, 1.82) is 0 Å². The van der Waals surface area contributed by atoms with E-state index in [9.17, 15) is 5.11 Å². The second kappa shape index (κ2) is 6.56. The van der Waals surface area contributed by atoms with Crippen molar-refractivity contribution in [3.8, 4) is 5.75 Å². The van der Waals surface area contributed by atoms with Gasteiger partial charge >= 0.3 is 0 Å². The number of rotatable bonds is 5. The molecule has 0 aliphatic carbocycles. The molecule has 0 radical (unpaired) electrons. The first-order chi connectivity index (χ1) is 10.8. The molecule has 1 aromatic heterocycles. The lowest BCUT2D eigenvalue weighted by Crippen LogP contribution is -2.28. The summed E-state index contributed by atoms with van der Waals surface area (Å²) in [6, 6.07) is 5.86. The Morgan fingerprint density at radius 1 is 1.26 bits per heavy atom. The number of nitrogens with zero attached hydrogens (tertiary/aromatic N) is 2. The van der Waals surface area contributed by atoms with Crippen molar-refractivity contribution < 1.29 is 5.11 Å². The van der Waals surface area contributed by atoms with Crippen LogP contribution in [-0.2, 0) is 0 Å². The van der Waals surface area contributed by atoms with E-state index in [4.69, 9.17) is 11.5 Å². The van der Waals surface area contributed by atoms with Gasteiger partial charge in [-0.3, -0.25) is 0 Å². The number of fused-ring (bicyclic) bond motifs is 1. The lowest BCUT2D eigenvalue weighted by Gasteiger charge is -2.21. The predicted octanol–water partition coefficient (Wildman–Crippen LogP) is 2.45. The van der Waals surface area contributed by atoms with Crippen LogP contribution in [0.25, 0.3) is 16.5 Å². The molecule has 6 heteroatoms. The number of aromatic hydroxyl groups is 1. The third-order valence-corrected chi connectivity index (χ3v) is 3.83. The summed E-state index contributed by atoms with van der Waals surface area (Å²) < 4.78 is 0. The van der Waals surface area contributed by atoms with Gasteiger partial charge in [0.2, 0.25) is 0 Å². The fourth-order valence-electron chi connectivity index (χ4n) is 2.14. The van der Waals surface area contributed by atoms with Gasteiger partial charge in [-0.1, -0.05) is 26.5 Å².